The first-order valence-corrected chi connectivity index (χ1v) is 6.24. The van der Waals surface area contributed by atoms with Gasteiger partial charge in [-0.1, -0.05) is 61.7 Å². The van der Waals surface area contributed by atoms with Crippen molar-refractivity contribution in [3.63, 3.8) is 0 Å². The van der Waals surface area contributed by atoms with Crippen LogP contribution in [0.5, 0.6) is 0 Å². The maximum Gasteiger partial charge on any atom is 0.0711 e. The first kappa shape index (κ1) is 13.0. The molecule has 0 saturated carbocycles. The molecule has 2 aromatic rings. The summed E-state index contributed by atoms with van der Waals surface area (Å²) in [6, 6.07) is 14.5. The predicted molar refractivity (Wildman–Crippen MR) is 82.8 cm³/mol. The summed E-state index contributed by atoms with van der Waals surface area (Å²) >= 11 is 0. The number of rotatable bonds is 4. The molecule has 2 rings (SSSR count). The fourth-order valence-electron chi connectivity index (χ4n) is 2.00. The molecule has 94 valence electrons. The number of nitrogens with zero attached hydrogens (tertiary/aromatic N) is 1. The Morgan fingerprint density at radius 2 is 1.79 bits per heavy atom. The van der Waals surface area contributed by atoms with E-state index < -0.39 is 0 Å². The van der Waals surface area contributed by atoms with Crippen molar-refractivity contribution < 1.29 is 0 Å². The molecule has 0 atom stereocenters. The summed E-state index contributed by atoms with van der Waals surface area (Å²) in [7, 11) is 0. The largest absolute Gasteiger partial charge is 0.253 e. The van der Waals surface area contributed by atoms with Crippen LogP contribution in [0, 0.1) is 6.92 Å². The minimum absolute atomic E-state index is 0.925. The number of hydrogen-bond donors (Lipinski definition) is 0. The third-order valence-corrected chi connectivity index (χ3v) is 2.87. The van der Waals surface area contributed by atoms with Crippen LogP contribution in [0.1, 0.15) is 11.4 Å². The molecule has 0 radical (unpaired) electrons. The first-order chi connectivity index (χ1) is 9.24. The molecule has 0 aliphatic heterocycles. The van der Waals surface area contributed by atoms with Gasteiger partial charge in [-0.25, -0.2) is 0 Å². The lowest BCUT2D eigenvalue weighted by Crippen LogP contribution is -1.92. The quantitative estimate of drug-likeness (QED) is 0.706. The number of aryl methyl sites for hydroxylation is 1. The first-order valence-electron chi connectivity index (χ1n) is 6.24. The zero-order chi connectivity index (χ0) is 13.7. The van der Waals surface area contributed by atoms with Crippen LogP contribution in [0.15, 0.2) is 73.9 Å². The highest BCUT2D eigenvalue weighted by Crippen LogP contribution is 2.24. The molecule has 0 N–H and O–H groups in total. The second kappa shape index (κ2) is 5.96. The van der Waals surface area contributed by atoms with E-state index in [0.29, 0.717) is 0 Å². The second-order valence-electron chi connectivity index (χ2n) is 4.31. The van der Waals surface area contributed by atoms with E-state index in [-0.39, 0.29) is 0 Å². The highest BCUT2D eigenvalue weighted by atomic mass is 14.7. The highest BCUT2D eigenvalue weighted by Gasteiger charge is 2.04. The standard InChI is InChI=1S/C18H17N/c1-4-9-15(5-2)18-13-17(12-14(3)19-18)16-10-7-6-8-11-16/h4-13H,1-2H2,3H3/b15-9+. The molecule has 0 aliphatic rings. The molecular formula is C18H17N. The summed E-state index contributed by atoms with van der Waals surface area (Å²) in [6.45, 7) is 9.56. The van der Waals surface area contributed by atoms with Gasteiger partial charge in [0.2, 0.25) is 0 Å². The Kier molecular flexibility index (Phi) is 4.09. The van der Waals surface area contributed by atoms with Crippen LogP contribution in [-0.2, 0) is 0 Å². The van der Waals surface area contributed by atoms with Gasteiger partial charge < -0.3 is 0 Å². The van der Waals surface area contributed by atoms with Gasteiger partial charge in [-0.15, -0.1) is 0 Å². The van der Waals surface area contributed by atoms with Crippen molar-refractivity contribution in [2.45, 2.75) is 6.92 Å². The van der Waals surface area contributed by atoms with Crippen LogP contribution in [0.25, 0.3) is 16.7 Å². The Hall–Kier alpha value is -2.41. The van der Waals surface area contributed by atoms with Crippen molar-refractivity contribution in [3.05, 3.63) is 85.2 Å². The minimum Gasteiger partial charge on any atom is -0.253 e. The van der Waals surface area contributed by atoms with Gasteiger partial charge in [0.05, 0.1) is 5.69 Å². The Labute approximate surface area is 114 Å². The van der Waals surface area contributed by atoms with E-state index in [9.17, 15) is 0 Å². The lowest BCUT2D eigenvalue weighted by atomic mass is 10.0. The summed E-state index contributed by atoms with van der Waals surface area (Å²) in [5.74, 6) is 0. The van der Waals surface area contributed by atoms with Crippen LogP contribution >= 0.6 is 0 Å². The maximum absolute atomic E-state index is 4.56. The van der Waals surface area contributed by atoms with Gasteiger partial charge in [-0.2, -0.15) is 0 Å². The minimum atomic E-state index is 0.925. The van der Waals surface area contributed by atoms with E-state index >= 15 is 0 Å². The van der Waals surface area contributed by atoms with E-state index in [1.165, 1.54) is 11.1 Å². The Morgan fingerprint density at radius 1 is 1.05 bits per heavy atom. The van der Waals surface area contributed by atoms with Gasteiger partial charge in [0, 0.05) is 5.69 Å². The Balaban J connectivity index is 2.55. The number of benzene rings is 1. The molecule has 0 aliphatic carbocycles. The SMILES string of the molecule is C=C/C=C(\C=C)c1cc(-c2ccccc2)cc(C)n1. The van der Waals surface area contributed by atoms with Gasteiger partial charge in [-0.3, -0.25) is 4.98 Å². The predicted octanol–water partition coefficient (Wildman–Crippen LogP) is 4.81. The molecule has 1 aromatic heterocycles. The van der Waals surface area contributed by atoms with Gasteiger partial charge >= 0.3 is 0 Å². The zero-order valence-electron chi connectivity index (χ0n) is 11.1. The van der Waals surface area contributed by atoms with Crippen molar-refractivity contribution in [3.8, 4) is 11.1 Å². The summed E-state index contributed by atoms with van der Waals surface area (Å²) in [5.41, 5.74) is 5.26. The molecule has 0 fully saturated rings. The fourth-order valence-corrected chi connectivity index (χ4v) is 2.00. The van der Waals surface area contributed by atoms with Crippen LogP contribution in [0.4, 0.5) is 0 Å². The van der Waals surface area contributed by atoms with Gasteiger partial charge in [0.15, 0.2) is 0 Å². The Morgan fingerprint density at radius 3 is 2.42 bits per heavy atom. The lowest BCUT2D eigenvalue weighted by molar-refractivity contribution is 1.17. The molecular weight excluding hydrogens is 230 g/mol. The highest BCUT2D eigenvalue weighted by molar-refractivity contribution is 5.76. The Bertz CT molecular complexity index is 621. The molecule has 0 bridgehead atoms. The third kappa shape index (κ3) is 3.08. The van der Waals surface area contributed by atoms with Crippen molar-refractivity contribution in [1.29, 1.82) is 0 Å². The number of aromatic nitrogens is 1. The average molecular weight is 247 g/mol. The number of pyridine rings is 1. The summed E-state index contributed by atoms with van der Waals surface area (Å²) in [6.07, 6.45) is 5.48. The molecule has 0 spiro atoms. The molecule has 1 nitrogen and oxygen atoms in total. The molecule has 19 heavy (non-hydrogen) atoms. The van der Waals surface area contributed by atoms with Crippen LogP contribution < -0.4 is 0 Å². The van der Waals surface area contributed by atoms with Crippen molar-refractivity contribution in [1.82, 2.24) is 4.98 Å². The van der Waals surface area contributed by atoms with Gasteiger partial charge in [0.1, 0.15) is 0 Å². The van der Waals surface area contributed by atoms with Crippen LogP contribution in [-0.4, -0.2) is 4.98 Å². The molecule has 0 amide bonds. The zero-order valence-corrected chi connectivity index (χ0v) is 11.1. The third-order valence-electron chi connectivity index (χ3n) is 2.87. The molecule has 0 saturated heterocycles. The molecule has 0 unspecified atom stereocenters. The molecule has 1 heteroatoms. The van der Waals surface area contributed by atoms with Gasteiger partial charge in [0.25, 0.3) is 0 Å². The van der Waals surface area contributed by atoms with Crippen molar-refractivity contribution >= 4 is 5.57 Å². The average Bonchev–Trinajstić information content (AvgIpc) is 2.45. The van der Waals surface area contributed by atoms with Crippen molar-refractivity contribution in [2.75, 3.05) is 0 Å². The van der Waals surface area contributed by atoms with E-state index in [1.54, 1.807) is 12.2 Å². The van der Waals surface area contributed by atoms with E-state index in [2.05, 4.69) is 42.4 Å². The molecule has 1 aromatic carbocycles. The lowest BCUT2D eigenvalue weighted by Gasteiger charge is -2.07. The molecule has 1 heterocycles. The number of allylic oxidation sites excluding steroid dienone is 4. The number of hydrogen-bond acceptors (Lipinski definition) is 1. The monoisotopic (exact) mass is 247 g/mol. The van der Waals surface area contributed by atoms with Gasteiger partial charge in [-0.05, 0) is 35.8 Å². The second-order valence-corrected chi connectivity index (χ2v) is 4.31. The fraction of sp³-hybridized carbons (Fsp3) is 0.0556. The topological polar surface area (TPSA) is 12.9 Å². The van der Waals surface area contributed by atoms with Crippen LogP contribution in [0.2, 0.25) is 0 Å². The summed E-state index contributed by atoms with van der Waals surface area (Å²) < 4.78 is 0. The van der Waals surface area contributed by atoms with Crippen molar-refractivity contribution in [2.24, 2.45) is 0 Å². The summed E-state index contributed by atoms with van der Waals surface area (Å²) in [5, 5.41) is 0. The summed E-state index contributed by atoms with van der Waals surface area (Å²) in [4.78, 5) is 4.56. The maximum atomic E-state index is 4.56. The van der Waals surface area contributed by atoms with E-state index in [1.807, 2.05) is 31.2 Å². The van der Waals surface area contributed by atoms with E-state index in [4.69, 9.17) is 0 Å². The van der Waals surface area contributed by atoms with Crippen LogP contribution in [0.3, 0.4) is 0 Å². The smallest absolute Gasteiger partial charge is 0.0711 e. The van der Waals surface area contributed by atoms with E-state index in [0.717, 1.165) is 17.0 Å². The normalized spacial score (nSPS) is 11.1.